The van der Waals surface area contributed by atoms with E-state index in [0.29, 0.717) is 18.0 Å². The predicted molar refractivity (Wildman–Crippen MR) is 80.1 cm³/mol. The van der Waals surface area contributed by atoms with Crippen molar-refractivity contribution >= 4 is 17.3 Å². The normalized spacial score (nSPS) is 18.7. The smallest absolute Gasteiger partial charge is 0.292 e. The molecule has 114 valence electrons. The second kappa shape index (κ2) is 6.09. The lowest BCUT2D eigenvalue weighted by Crippen LogP contribution is -2.32. The SMILES string of the molecule is CN1CCC(CN(C)C(=O)c2ccc([N+](=O)[O-])c(N)c2)C1. The maximum atomic E-state index is 12.3. The minimum atomic E-state index is -0.554. The number of nitrogens with two attached hydrogens (primary N) is 1. The van der Waals surface area contributed by atoms with Crippen LogP contribution >= 0.6 is 0 Å². The molecule has 0 bridgehead atoms. The summed E-state index contributed by atoms with van der Waals surface area (Å²) in [5.74, 6) is 0.311. The number of benzene rings is 1. The minimum absolute atomic E-state index is 0.0137. The number of nitro groups is 1. The van der Waals surface area contributed by atoms with Crippen molar-refractivity contribution in [2.75, 3.05) is 39.5 Å². The molecule has 21 heavy (non-hydrogen) atoms. The zero-order valence-corrected chi connectivity index (χ0v) is 12.3. The maximum absolute atomic E-state index is 12.3. The second-order valence-corrected chi connectivity index (χ2v) is 5.63. The van der Waals surface area contributed by atoms with E-state index in [1.54, 1.807) is 11.9 Å². The number of carbonyl (C=O) groups is 1. The van der Waals surface area contributed by atoms with Crippen molar-refractivity contribution in [2.45, 2.75) is 6.42 Å². The number of likely N-dealkylation sites (tertiary alicyclic amines) is 1. The van der Waals surface area contributed by atoms with E-state index >= 15 is 0 Å². The molecule has 1 aliphatic rings. The Hall–Kier alpha value is -2.15. The fourth-order valence-electron chi connectivity index (χ4n) is 2.72. The van der Waals surface area contributed by atoms with Gasteiger partial charge >= 0.3 is 0 Å². The molecule has 7 heteroatoms. The summed E-state index contributed by atoms with van der Waals surface area (Å²) in [7, 11) is 3.82. The number of hydrogen-bond acceptors (Lipinski definition) is 5. The van der Waals surface area contributed by atoms with Gasteiger partial charge < -0.3 is 15.5 Å². The van der Waals surface area contributed by atoms with Crippen molar-refractivity contribution < 1.29 is 9.72 Å². The first-order chi connectivity index (χ1) is 9.88. The maximum Gasteiger partial charge on any atom is 0.292 e. The van der Waals surface area contributed by atoms with Crippen molar-refractivity contribution in [3.05, 3.63) is 33.9 Å². The van der Waals surface area contributed by atoms with Crippen LogP contribution in [0.15, 0.2) is 18.2 Å². The molecular formula is C14H20N4O3. The fourth-order valence-corrected chi connectivity index (χ4v) is 2.72. The first-order valence-corrected chi connectivity index (χ1v) is 6.86. The van der Waals surface area contributed by atoms with Gasteiger partial charge in [-0.05, 0) is 38.1 Å². The monoisotopic (exact) mass is 292 g/mol. The molecule has 1 aromatic rings. The minimum Gasteiger partial charge on any atom is -0.393 e. The Balaban J connectivity index is 2.05. The highest BCUT2D eigenvalue weighted by Crippen LogP contribution is 2.23. The van der Waals surface area contributed by atoms with Crippen molar-refractivity contribution in [1.82, 2.24) is 9.80 Å². The molecule has 1 atom stereocenters. The highest BCUT2D eigenvalue weighted by molar-refractivity contribution is 5.95. The molecule has 2 rings (SSSR count). The number of carbonyl (C=O) groups excluding carboxylic acids is 1. The largest absolute Gasteiger partial charge is 0.393 e. The molecule has 0 radical (unpaired) electrons. The molecular weight excluding hydrogens is 272 g/mol. The van der Waals surface area contributed by atoms with Crippen LogP contribution in [-0.2, 0) is 0 Å². The number of anilines is 1. The Bertz CT molecular complexity index is 561. The number of nitrogen functional groups attached to an aromatic ring is 1. The number of rotatable bonds is 4. The zero-order valence-electron chi connectivity index (χ0n) is 12.3. The summed E-state index contributed by atoms with van der Waals surface area (Å²) >= 11 is 0. The molecule has 1 heterocycles. The highest BCUT2D eigenvalue weighted by atomic mass is 16.6. The first kappa shape index (κ1) is 15.2. The van der Waals surface area contributed by atoms with E-state index in [4.69, 9.17) is 5.73 Å². The highest BCUT2D eigenvalue weighted by Gasteiger charge is 2.23. The van der Waals surface area contributed by atoms with E-state index in [0.717, 1.165) is 19.5 Å². The van der Waals surface area contributed by atoms with E-state index < -0.39 is 4.92 Å². The molecule has 7 nitrogen and oxygen atoms in total. The van der Waals surface area contributed by atoms with Crippen LogP contribution in [0.4, 0.5) is 11.4 Å². The van der Waals surface area contributed by atoms with Crippen LogP contribution in [0.25, 0.3) is 0 Å². The van der Waals surface area contributed by atoms with Crippen molar-refractivity contribution in [2.24, 2.45) is 5.92 Å². The van der Waals surface area contributed by atoms with Crippen LogP contribution in [0.5, 0.6) is 0 Å². The Morgan fingerprint density at radius 2 is 2.29 bits per heavy atom. The average Bonchev–Trinajstić information content (AvgIpc) is 2.82. The molecule has 2 N–H and O–H groups in total. The van der Waals surface area contributed by atoms with Crippen LogP contribution in [0.3, 0.4) is 0 Å². The molecule has 1 aromatic carbocycles. The van der Waals surface area contributed by atoms with E-state index in [2.05, 4.69) is 11.9 Å². The van der Waals surface area contributed by atoms with Gasteiger partial charge in [0.2, 0.25) is 0 Å². The first-order valence-electron chi connectivity index (χ1n) is 6.86. The number of nitro benzene ring substituents is 1. The Morgan fingerprint density at radius 1 is 1.57 bits per heavy atom. The van der Waals surface area contributed by atoms with Crippen LogP contribution in [-0.4, -0.2) is 54.4 Å². The lowest BCUT2D eigenvalue weighted by Gasteiger charge is -2.21. The average molecular weight is 292 g/mol. The zero-order chi connectivity index (χ0) is 15.6. The van der Waals surface area contributed by atoms with Gasteiger partial charge in [-0.25, -0.2) is 0 Å². The number of amides is 1. The molecule has 0 aliphatic carbocycles. The van der Waals surface area contributed by atoms with Gasteiger partial charge in [0, 0.05) is 31.8 Å². The molecule has 0 aromatic heterocycles. The summed E-state index contributed by atoms with van der Waals surface area (Å²) in [6, 6.07) is 4.10. The summed E-state index contributed by atoms with van der Waals surface area (Å²) in [5, 5.41) is 10.7. The predicted octanol–water partition coefficient (Wildman–Crippen LogP) is 1.20. The third-order valence-corrected chi connectivity index (χ3v) is 3.84. The third-order valence-electron chi connectivity index (χ3n) is 3.84. The molecule has 1 unspecified atom stereocenters. The van der Waals surface area contributed by atoms with Crippen LogP contribution in [0, 0.1) is 16.0 Å². The Labute approximate surface area is 123 Å². The van der Waals surface area contributed by atoms with Crippen LogP contribution < -0.4 is 5.73 Å². The molecule has 0 saturated carbocycles. The van der Waals surface area contributed by atoms with Crippen LogP contribution in [0.2, 0.25) is 0 Å². The lowest BCUT2D eigenvalue weighted by atomic mass is 10.1. The Kier molecular flexibility index (Phi) is 4.42. The number of hydrogen-bond donors (Lipinski definition) is 1. The summed E-state index contributed by atoms with van der Waals surface area (Å²) in [5.41, 5.74) is 5.84. The molecule has 1 fully saturated rings. The standard InChI is InChI=1S/C14H20N4O3/c1-16-6-5-10(8-16)9-17(2)14(19)11-3-4-13(18(20)21)12(15)7-11/h3-4,7,10H,5-6,8-9,15H2,1-2H3. The summed E-state index contributed by atoms with van der Waals surface area (Å²) < 4.78 is 0. The third kappa shape index (κ3) is 3.49. The van der Waals surface area contributed by atoms with Gasteiger partial charge in [-0.1, -0.05) is 0 Å². The molecule has 0 spiro atoms. The van der Waals surface area contributed by atoms with Crippen molar-refractivity contribution in [3.63, 3.8) is 0 Å². The van der Waals surface area contributed by atoms with Crippen molar-refractivity contribution in [3.8, 4) is 0 Å². The van der Waals surface area contributed by atoms with Gasteiger partial charge in [0.25, 0.3) is 11.6 Å². The Morgan fingerprint density at radius 3 is 2.81 bits per heavy atom. The number of nitrogens with zero attached hydrogens (tertiary/aromatic N) is 3. The summed E-state index contributed by atoms with van der Waals surface area (Å²) in [6.07, 6.45) is 1.08. The van der Waals surface area contributed by atoms with Gasteiger partial charge in [-0.2, -0.15) is 0 Å². The summed E-state index contributed by atoms with van der Waals surface area (Å²) in [6.45, 7) is 2.72. The van der Waals surface area contributed by atoms with Gasteiger partial charge in [-0.3, -0.25) is 14.9 Å². The second-order valence-electron chi connectivity index (χ2n) is 5.63. The molecule has 1 amide bonds. The fraction of sp³-hybridized carbons (Fsp3) is 0.500. The van der Waals surface area contributed by atoms with E-state index in [-0.39, 0.29) is 17.3 Å². The molecule has 1 aliphatic heterocycles. The van der Waals surface area contributed by atoms with Gasteiger partial charge in [-0.15, -0.1) is 0 Å². The van der Waals surface area contributed by atoms with Crippen LogP contribution in [0.1, 0.15) is 16.8 Å². The van der Waals surface area contributed by atoms with E-state index in [1.807, 2.05) is 0 Å². The summed E-state index contributed by atoms with van der Waals surface area (Å²) in [4.78, 5) is 26.4. The van der Waals surface area contributed by atoms with Crippen molar-refractivity contribution in [1.29, 1.82) is 0 Å². The van der Waals surface area contributed by atoms with Gasteiger partial charge in [0.1, 0.15) is 5.69 Å². The lowest BCUT2D eigenvalue weighted by molar-refractivity contribution is -0.383. The van der Waals surface area contributed by atoms with E-state index in [1.165, 1.54) is 18.2 Å². The topological polar surface area (TPSA) is 92.7 Å². The van der Waals surface area contributed by atoms with Gasteiger partial charge in [0.05, 0.1) is 4.92 Å². The molecule has 1 saturated heterocycles. The van der Waals surface area contributed by atoms with Gasteiger partial charge in [0.15, 0.2) is 0 Å². The van der Waals surface area contributed by atoms with E-state index in [9.17, 15) is 14.9 Å². The quantitative estimate of drug-likeness (QED) is 0.511.